The van der Waals surface area contributed by atoms with E-state index in [1.165, 1.54) is 0 Å². The third-order valence-electron chi connectivity index (χ3n) is 5.31. The molecule has 2 aromatic carbocycles. The van der Waals surface area contributed by atoms with Crippen LogP contribution in [0.1, 0.15) is 5.56 Å². The second-order valence-electron chi connectivity index (χ2n) is 7.24. The molecule has 0 N–H and O–H groups in total. The number of rotatable bonds is 4. The Labute approximate surface area is 165 Å². The van der Waals surface area contributed by atoms with Gasteiger partial charge < -0.3 is 18.9 Å². The monoisotopic (exact) mass is 396 g/mol. The minimum atomic E-state index is -2.88. The molecule has 5 nitrogen and oxygen atoms in total. The summed E-state index contributed by atoms with van der Waals surface area (Å²) in [6.45, 7) is 6.77. The Bertz CT molecular complexity index is 1060. The third kappa shape index (κ3) is 3.41. The Balaban J connectivity index is 1.94. The average molecular weight is 396 g/mol. The van der Waals surface area contributed by atoms with Gasteiger partial charge in [-0.25, -0.2) is 0 Å². The van der Waals surface area contributed by atoms with E-state index < -0.39 is 7.14 Å². The van der Waals surface area contributed by atoms with Crippen molar-refractivity contribution >= 4 is 34.3 Å². The Morgan fingerprint density at radius 3 is 2.68 bits per heavy atom. The van der Waals surface area contributed by atoms with Gasteiger partial charge in [-0.2, -0.15) is 0 Å². The lowest BCUT2D eigenvalue weighted by molar-refractivity contribution is 0.123. The maximum absolute atomic E-state index is 14.1. The lowest BCUT2D eigenvalue weighted by atomic mass is 10.1. The number of ether oxygens (including phenoxy) is 2. The lowest BCUT2D eigenvalue weighted by Crippen LogP contribution is -2.39. The summed E-state index contributed by atoms with van der Waals surface area (Å²) in [6.07, 6.45) is 1.80. The van der Waals surface area contributed by atoms with E-state index in [4.69, 9.17) is 9.47 Å². The second-order valence-corrected chi connectivity index (χ2v) is 10.1. The van der Waals surface area contributed by atoms with Crippen molar-refractivity contribution in [2.75, 3.05) is 45.0 Å². The fourth-order valence-corrected chi connectivity index (χ4v) is 5.69. The first-order chi connectivity index (χ1) is 13.5. The molecule has 1 aliphatic rings. The summed E-state index contributed by atoms with van der Waals surface area (Å²) in [6, 6.07) is 13.8. The van der Waals surface area contributed by atoms with Crippen LogP contribution in [0, 0.1) is 6.92 Å². The molecule has 2 heterocycles. The van der Waals surface area contributed by atoms with Gasteiger partial charge in [-0.1, -0.05) is 24.3 Å². The molecule has 1 fully saturated rings. The van der Waals surface area contributed by atoms with Gasteiger partial charge in [0, 0.05) is 30.0 Å². The van der Waals surface area contributed by atoms with Gasteiger partial charge in [-0.15, -0.1) is 0 Å². The van der Waals surface area contributed by atoms with Crippen LogP contribution in [0.15, 0.2) is 48.7 Å². The molecular weight excluding hydrogens is 371 g/mol. The number of anilines is 1. The van der Waals surface area contributed by atoms with Gasteiger partial charge in [0.1, 0.15) is 12.9 Å². The van der Waals surface area contributed by atoms with E-state index in [1.807, 2.05) is 30.9 Å². The number of nitrogens with zero attached hydrogens (tertiary/aromatic N) is 2. The molecule has 1 aromatic heterocycles. The zero-order valence-corrected chi connectivity index (χ0v) is 17.4. The van der Waals surface area contributed by atoms with Crippen LogP contribution in [-0.2, 0) is 9.30 Å². The molecule has 0 aliphatic carbocycles. The van der Waals surface area contributed by atoms with Crippen LogP contribution < -0.4 is 20.2 Å². The molecule has 0 spiro atoms. The van der Waals surface area contributed by atoms with Gasteiger partial charge in [-0.3, -0.25) is 4.98 Å². The first-order valence-corrected chi connectivity index (χ1v) is 11.6. The first kappa shape index (κ1) is 19.0. The third-order valence-corrected chi connectivity index (χ3v) is 7.82. The van der Waals surface area contributed by atoms with Crippen LogP contribution in [0.2, 0.25) is 0 Å². The van der Waals surface area contributed by atoms with Crippen LogP contribution in [-0.4, -0.2) is 45.1 Å². The van der Waals surface area contributed by atoms with Crippen molar-refractivity contribution in [3.05, 3.63) is 54.2 Å². The maximum atomic E-state index is 14.1. The summed E-state index contributed by atoms with van der Waals surface area (Å²) < 4.78 is 25.0. The average Bonchev–Trinajstić information content (AvgIpc) is 2.73. The van der Waals surface area contributed by atoms with E-state index in [-0.39, 0.29) is 0 Å². The summed E-state index contributed by atoms with van der Waals surface area (Å²) in [5.41, 5.74) is 3.10. The summed E-state index contributed by atoms with van der Waals surface area (Å²) in [5, 5.41) is 2.60. The number of hydrogen-bond acceptors (Lipinski definition) is 5. The molecule has 1 atom stereocenters. The molecule has 1 saturated heterocycles. The quantitative estimate of drug-likeness (QED) is 0.633. The highest BCUT2D eigenvalue weighted by molar-refractivity contribution is 7.78. The molecule has 1 unspecified atom stereocenters. The number of fused-ring (bicyclic) bond motifs is 1. The van der Waals surface area contributed by atoms with Gasteiger partial charge in [-0.05, 0) is 37.4 Å². The van der Waals surface area contributed by atoms with Crippen LogP contribution >= 0.6 is 7.14 Å². The number of pyridine rings is 1. The Morgan fingerprint density at radius 2 is 1.93 bits per heavy atom. The molecule has 4 rings (SSSR count). The fraction of sp³-hybridized carbons (Fsp3) is 0.318. The van der Waals surface area contributed by atoms with Gasteiger partial charge in [0.15, 0.2) is 0 Å². The van der Waals surface area contributed by atoms with Gasteiger partial charge in [0.2, 0.25) is 0 Å². The van der Waals surface area contributed by atoms with Crippen molar-refractivity contribution in [1.82, 2.24) is 4.98 Å². The van der Waals surface area contributed by atoms with Crippen molar-refractivity contribution in [3.63, 3.8) is 0 Å². The Morgan fingerprint density at radius 1 is 1.14 bits per heavy atom. The van der Waals surface area contributed by atoms with Crippen molar-refractivity contribution in [2.45, 2.75) is 6.92 Å². The Hall–Kier alpha value is -2.36. The summed E-state index contributed by atoms with van der Waals surface area (Å²) in [5.74, 6) is 0.705. The van der Waals surface area contributed by atoms with Crippen molar-refractivity contribution in [3.8, 4) is 5.75 Å². The van der Waals surface area contributed by atoms with Crippen molar-refractivity contribution in [2.24, 2.45) is 0 Å². The SMILES string of the molecule is COc1cccc(P(C)(=O)c2cnc3cc(C)ccc3c2N2CCOCC2)c1. The van der Waals surface area contributed by atoms with Crippen LogP contribution in [0.5, 0.6) is 5.75 Å². The predicted molar refractivity (Wildman–Crippen MR) is 115 cm³/mol. The minimum absolute atomic E-state index is 0.669. The van der Waals surface area contributed by atoms with Gasteiger partial charge in [0.25, 0.3) is 0 Å². The minimum Gasteiger partial charge on any atom is -0.497 e. The number of hydrogen-bond donors (Lipinski definition) is 0. The highest BCUT2D eigenvalue weighted by Gasteiger charge is 2.29. The molecule has 0 saturated carbocycles. The summed E-state index contributed by atoms with van der Waals surface area (Å²) in [7, 11) is -1.26. The van der Waals surface area contributed by atoms with Crippen LogP contribution in [0.25, 0.3) is 10.9 Å². The van der Waals surface area contributed by atoms with Crippen LogP contribution in [0.3, 0.4) is 0 Å². The van der Waals surface area contributed by atoms with E-state index in [1.54, 1.807) is 13.3 Å². The van der Waals surface area contributed by atoms with Crippen LogP contribution in [0.4, 0.5) is 5.69 Å². The summed E-state index contributed by atoms with van der Waals surface area (Å²) in [4.78, 5) is 6.96. The highest BCUT2D eigenvalue weighted by Crippen LogP contribution is 2.44. The topological polar surface area (TPSA) is 51.7 Å². The molecule has 28 heavy (non-hydrogen) atoms. The zero-order chi connectivity index (χ0) is 19.7. The summed E-state index contributed by atoms with van der Waals surface area (Å²) >= 11 is 0. The van der Waals surface area contributed by atoms with E-state index in [2.05, 4.69) is 35.0 Å². The molecule has 146 valence electrons. The van der Waals surface area contributed by atoms with Crippen molar-refractivity contribution < 1.29 is 14.0 Å². The Kier molecular flexibility index (Phi) is 5.13. The molecule has 1 aliphatic heterocycles. The number of morpholine rings is 1. The number of aromatic nitrogens is 1. The van der Waals surface area contributed by atoms with E-state index in [0.717, 1.165) is 45.9 Å². The highest BCUT2D eigenvalue weighted by atomic mass is 31.2. The lowest BCUT2D eigenvalue weighted by Gasteiger charge is -2.33. The predicted octanol–water partition coefficient (Wildman–Crippen LogP) is 3.33. The van der Waals surface area contributed by atoms with E-state index >= 15 is 0 Å². The molecular formula is C22H25N2O3P. The molecule has 0 amide bonds. The molecule has 0 bridgehead atoms. The molecule has 0 radical (unpaired) electrons. The van der Waals surface area contributed by atoms with Crippen molar-refractivity contribution in [1.29, 1.82) is 0 Å². The van der Waals surface area contributed by atoms with Gasteiger partial charge in [0.05, 0.1) is 36.8 Å². The van der Waals surface area contributed by atoms with E-state index in [0.29, 0.717) is 19.0 Å². The maximum Gasteiger partial charge on any atom is 0.144 e. The molecule has 3 aromatic rings. The normalized spacial score (nSPS) is 16.8. The zero-order valence-electron chi connectivity index (χ0n) is 16.5. The fourth-order valence-electron chi connectivity index (χ4n) is 3.73. The second kappa shape index (κ2) is 7.57. The number of aryl methyl sites for hydroxylation is 1. The number of methoxy groups -OCH3 is 1. The van der Waals surface area contributed by atoms with E-state index in [9.17, 15) is 4.57 Å². The standard InChI is InChI=1S/C22H25N2O3P/c1-16-7-8-19-20(13-16)23-15-21(22(19)24-9-11-27-12-10-24)28(3,25)18-6-4-5-17(14-18)26-2/h4-8,13-15H,9-12H2,1-3H3. The van der Waals surface area contributed by atoms with Gasteiger partial charge >= 0.3 is 0 Å². The first-order valence-electron chi connectivity index (χ1n) is 9.45. The smallest absolute Gasteiger partial charge is 0.144 e. The number of benzene rings is 2. The largest absolute Gasteiger partial charge is 0.497 e. The molecule has 6 heteroatoms.